The number of benzene rings is 1. The van der Waals surface area contributed by atoms with Crippen molar-refractivity contribution < 1.29 is 14.6 Å². The van der Waals surface area contributed by atoms with E-state index < -0.39 is 5.60 Å². The number of amides is 1. The Hall–Kier alpha value is -1.43. The first-order valence-corrected chi connectivity index (χ1v) is 8.87. The molecule has 0 saturated carbocycles. The van der Waals surface area contributed by atoms with Crippen molar-refractivity contribution in [2.24, 2.45) is 5.92 Å². The second kappa shape index (κ2) is 7.64. The molecule has 2 saturated heterocycles. The Morgan fingerprint density at radius 3 is 2.75 bits per heavy atom. The maximum Gasteiger partial charge on any atom is 0.225 e. The largest absolute Gasteiger partial charge is 0.387 e. The summed E-state index contributed by atoms with van der Waals surface area (Å²) in [6.45, 7) is 4.08. The van der Waals surface area contributed by atoms with E-state index in [1.165, 1.54) is 5.56 Å². The molecule has 1 atom stereocenters. The van der Waals surface area contributed by atoms with Crippen molar-refractivity contribution in [2.75, 3.05) is 39.9 Å². The molecule has 2 aliphatic heterocycles. The van der Waals surface area contributed by atoms with Crippen LogP contribution in [0.15, 0.2) is 30.3 Å². The van der Waals surface area contributed by atoms with Crippen molar-refractivity contribution in [2.45, 2.75) is 31.4 Å². The number of rotatable bonds is 5. The first-order valence-electron chi connectivity index (χ1n) is 8.87. The van der Waals surface area contributed by atoms with Crippen molar-refractivity contribution in [3.05, 3.63) is 35.9 Å². The van der Waals surface area contributed by atoms with Crippen LogP contribution in [0.4, 0.5) is 0 Å². The summed E-state index contributed by atoms with van der Waals surface area (Å²) in [6.07, 6.45) is 2.30. The van der Waals surface area contributed by atoms with E-state index >= 15 is 0 Å². The normalized spacial score (nSPS) is 25.8. The molecule has 1 amide bonds. The Balaban J connectivity index is 1.52. The van der Waals surface area contributed by atoms with Gasteiger partial charge in [0, 0.05) is 45.8 Å². The van der Waals surface area contributed by atoms with Crippen LogP contribution in [0.25, 0.3) is 0 Å². The quantitative estimate of drug-likeness (QED) is 0.888. The number of nitrogens with zero attached hydrogens (tertiary/aromatic N) is 2. The summed E-state index contributed by atoms with van der Waals surface area (Å²) in [5, 5.41) is 10.9. The molecule has 2 fully saturated rings. The molecule has 2 heterocycles. The van der Waals surface area contributed by atoms with Crippen molar-refractivity contribution in [3.63, 3.8) is 0 Å². The van der Waals surface area contributed by atoms with E-state index in [1.54, 1.807) is 4.90 Å². The number of likely N-dealkylation sites (N-methyl/N-ethyl adjacent to an activating group) is 1. The molecule has 5 heteroatoms. The van der Waals surface area contributed by atoms with Crippen molar-refractivity contribution in [3.8, 4) is 0 Å². The number of hydrogen-bond acceptors (Lipinski definition) is 4. The summed E-state index contributed by atoms with van der Waals surface area (Å²) < 4.78 is 5.33. The highest BCUT2D eigenvalue weighted by Crippen LogP contribution is 2.25. The number of carbonyl (C=O) groups excluding carboxylic acids is 1. The highest BCUT2D eigenvalue weighted by Gasteiger charge is 2.38. The fourth-order valence-electron chi connectivity index (χ4n) is 3.82. The summed E-state index contributed by atoms with van der Waals surface area (Å²) in [4.78, 5) is 16.5. The van der Waals surface area contributed by atoms with Gasteiger partial charge in [-0.05, 0) is 24.8 Å². The number of carbonyl (C=O) groups is 1. The van der Waals surface area contributed by atoms with Crippen molar-refractivity contribution in [1.29, 1.82) is 0 Å². The van der Waals surface area contributed by atoms with Gasteiger partial charge in [-0.2, -0.15) is 0 Å². The summed E-state index contributed by atoms with van der Waals surface area (Å²) in [6, 6.07) is 10.3. The standard InChI is InChI=1S/C19H28N2O3/c1-20(18(22)17-7-11-24-12-8-17)14-19(23)9-10-21(15-19)13-16-5-3-2-4-6-16/h2-6,17,23H,7-15H2,1H3/t19-/m1/s1. The monoisotopic (exact) mass is 332 g/mol. The molecule has 2 aliphatic rings. The molecule has 132 valence electrons. The van der Waals surface area contributed by atoms with Gasteiger partial charge >= 0.3 is 0 Å². The van der Waals surface area contributed by atoms with Crippen LogP contribution >= 0.6 is 0 Å². The van der Waals surface area contributed by atoms with Crippen LogP contribution < -0.4 is 0 Å². The highest BCUT2D eigenvalue weighted by atomic mass is 16.5. The zero-order valence-corrected chi connectivity index (χ0v) is 14.5. The van der Waals surface area contributed by atoms with Gasteiger partial charge in [-0.3, -0.25) is 9.69 Å². The van der Waals surface area contributed by atoms with Gasteiger partial charge in [-0.15, -0.1) is 0 Å². The molecule has 1 N–H and O–H groups in total. The predicted octanol–water partition coefficient (Wildman–Crippen LogP) is 1.51. The first kappa shape index (κ1) is 17.4. The lowest BCUT2D eigenvalue weighted by Crippen LogP contribution is -2.47. The number of likely N-dealkylation sites (tertiary alicyclic amines) is 1. The maximum atomic E-state index is 12.5. The highest BCUT2D eigenvalue weighted by molar-refractivity contribution is 5.78. The van der Waals surface area contributed by atoms with E-state index in [0.717, 1.165) is 25.9 Å². The van der Waals surface area contributed by atoms with Gasteiger partial charge < -0.3 is 14.7 Å². The van der Waals surface area contributed by atoms with Gasteiger partial charge in [0.05, 0.1) is 12.1 Å². The van der Waals surface area contributed by atoms with Crippen LogP contribution in [0, 0.1) is 5.92 Å². The molecule has 1 aromatic carbocycles. The average molecular weight is 332 g/mol. The lowest BCUT2D eigenvalue weighted by Gasteiger charge is -2.32. The molecule has 1 aromatic rings. The Morgan fingerprint density at radius 2 is 2.04 bits per heavy atom. The van der Waals surface area contributed by atoms with Crippen LogP contribution in [0.2, 0.25) is 0 Å². The van der Waals surface area contributed by atoms with Gasteiger partial charge in [0.25, 0.3) is 0 Å². The zero-order valence-electron chi connectivity index (χ0n) is 14.5. The molecule has 0 aromatic heterocycles. The molecular formula is C19H28N2O3. The second-order valence-electron chi connectivity index (χ2n) is 7.25. The molecule has 5 nitrogen and oxygen atoms in total. The lowest BCUT2D eigenvalue weighted by molar-refractivity contribution is -0.140. The lowest BCUT2D eigenvalue weighted by atomic mass is 9.97. The second-order valence-corrected chi connectivity index (χ2v) is 7.25. The molecule has 24 heavy (non-hydrogen) atoms. The smallest absolute Gasteiger partial charge is 0.225 e. The van der Waals surface area contributed by atoms with Gasteiger partial charge in [0.15, 0.2) is 0 Å². The molecule has 0 unspecified atom stereocenters. The first-order chi connectivity index (χ1) is 11.6. The van der Waals surface area contributed by atoms with Crippen molar-refractivity contribution in [1.82, 2.24) is 9.80 Å². The molecular weight excluding hydrogens is 304 g/mol. The average Bonchev–Trinajstić information content (AvgIpc) is 2.96. The fourth-order valence-corrected chi connectivity index (χ4v) is 3.82. The zero-order chi connectivity index (χ0) is 17.0. The van der Waals surface area contributed by atoms with E-state index in [-0.39, 0.29) is 11.8 Å². The summed E-state index contributed by atoms with van der Waals surface area (Å²) in [5.41, 5.74) is 0.457. The minimum Gasteiger partial charge on any atom is -0.387 e. The Kier molecular flexibility index (Phi) is 5.54. The molecule has 3 rings (SSSR count). The maximum absolute atomic E-state index is 12.5. The molecule has 0 radical (unpaired) electrons. The summed E-state index contributed by atoms with van der Waals surface area (Å²) in [7, 11) is 1.82. The number of β-amino-alcohol motifs (C(OH)–C–C–N with tert-alkyl or cyclic N) is 1. The minimum absolute atomic E-state index is 0.0502. The van der Waals surface area contributed by atoms with E-state index in [4.69, 9.17) is 4.74 Å². The molecule has 0 spiro atoms. The third-order valence-electron chi connectivity index (χ3n) is 5.14. The van der Waals surface area contributed by atoms with Gasteiger partial charge in [0.2, 0.25) is 5.91 Å². The Labute approximate surface area is 144 Å². The van der Waals surface area contributed by atoms with Crippen LogP contribution in [-0.2, 0) is 16.1 Å². The SMILES string of the molecule is CN(C[C@]1(O)CCN(Cc2ccccc2)C1)C(=O)C1CCOCC1. The van der Waals surface area contributed by atoms with E-state index in [2.05, 4.69) is 17.0 Å². The van der Waals surface area contributed by atoms with Gasteiger partial charge in [-0.25, -0.2) is 0 Å². The van der Waals surface area contributed by atoms with E-state index in [1.807, 2.05) is 25.2 Å². The van der Waals surface area contributed by atoms with E-state index in [0.29, 0.717) is 32.7 Å². The number of aliphatic hydroxyl groups is 1. The minimum atomic E-state index is -0.801. The number of hydrogen-bond donors (Lipinski definition) is 1. The summed E-state index contributed by atoms with van der Waals surface area (Å²) >= 11 is 0. The van der Waals surface area contributed by atoms with Crippen LogP contribution in [0.5, 0.6) is 0 Å². The molecule has 0 bridgehead atoms. The molecule has 0 aliphatic carbocycles. The Bertz CT molecular complexity index is 545. The van der Waals surface area contributed by atoms with Crippen LogP contribution in [0.3, 0.4) is 0 Å². The third kappa shape index (κ3) is 4.35. The fraction of sp³-hybridized carbons (Fsp3) is 0.632. The summed E-state index contributed by atoms with van der Waals surface area (Å²) in [5.74, 6) is 0.197. The van der Waals surface area contributed by atoms with Crippen LogP contribution in [-0.4, -0.2) is 66.3 Å². The van der Waals surface area contributed by atoms with Crippen LogP contribution in [0.1, 0.15) is 24.8 Å². The van der Waals surface area contributed by atoms with Gasteiger partial charge in [0.1, 0.15) is 0 Å². The van der Waals surface area contributed by atoms with Crippen molar-refractivity contribution >= 4 is 5.91 Å². The third-order valence-corrected chi connectivity index (χ3v) is 5.14. The Morgan fingerprint density at radius 1 is 1.33 bits per heavy atom. The van der Waals surface area contributed by atoms with Gasteiger partial charge in [-0.1, -0.05) is 30.3 Å². The number of ether oxygens (including phenoxy) is 1. The predicted molar refractivity (Wildman–Crippen MR) is 92.5 cm³/mol. The topological polar surface area (TPSA) is 53.0 Å². The van der Waals surface area contributed by atoms with E-state index in [9.17, 15) is 9.90 Å².